The van der Waals surface area contributed by atoms with Crippen LogP contribution in [-0.2, 0) is 9.59 Å². The molecule has 2 aliphatic heterocycles. The zero-order valence-electron chi connectivity index (χ0n) is 27.8. The Labute approximate surface area is 257 Å². The molecule has 14 atom stereocenters. The Kier molecular flexibility index (Phi) is 6.45. The van der Waals surface area contributed by atoms with Gasteiger partial charge in [-0.1, -0.05) is 40.0 Å². The van der Waals surface area contributed by atoms with Gasteiger partial charge in [0, 0.05) is 17.4 Å². The van der Waals surface area contributed by atoms with E-state index >= 15 is 0 Å². The third kappa shape index (κ3) is 3.40. The third-order valence-electron chi connectivity index (χ3n) is 18.1. The standard InChI is InChI=1S/C39H61NO2/c1-25-33(42)23-34(38(5)32-13-19-35(2)17-8-10-29(35)28(32)16-22-40(25)38)39(24-41)21-15-31-27-12-11-26-9-6-7-18-36(26,3)30(27)14-20-37(31,39)4/h24-32,34H,6-23H2,1-5H3/t25?,26?,27-,28+,29+,30-,31+,32-,34?,35+,36+,37+,38+,39?/m1/s1. The molecular formula is C39H61NO2. The minimum absolute atomic E-state index is 0.00932. The first-order valence-corrected chi connectivity index (χ1v) is 18.8. The van der Waals surface area contributed by atoms with Crippen LogP contribution in [0.5, 0.6) is 0 Å². The molecule has 8 aliphatic rings. The van der Waals surface area contributed by atoms with Gasteiger partial charge in [0.1, 0.15) is 12.1 Å². The fourth-order valence-corrected chi connectivity index (χ4v) is 15.9. The summed E-state index contributed by atoms with van der Waals surface area (Å²) in [7, 11) is 0. The summed E-state index contributed by atoms with van der Waals surface area (Å²) in [5, 5.41) is 0. The van der Waals surface area contributed by atoms with Gasteiger partial charge in [0.15, 0.2) is 0 Å². The molecule has 0 aromatic heterocycles. The Bertz CT molecular complexity index is 1130. The summed E-state index contributed by atoms with van der Waals surface area (Å²) in [6, 6.07) is 0.00932. The molecule has 2 saturated heterocycles. The van der Waals surface area contributed by atoms with Crippen LogP contribution in [0.3, 0.4) is 0 Å². The zero-order chi connectivity index (χ0) is 29.3. The zero-order valence-corrected chi connectivity index (χ0v) is 27.8. The Morgan fingerprint density at radius 3 is 2.29 bits per heavy atom. The first-order valence-electron chi connectivity index (χ1n) is 18.8. The van der Waals surface area contributed by atoms with Crippen LogP contribution in [0.4, 0.5) is 0 Å². The molecule has 0 spiro atoms. The van der Waals surface area contributed by atoms with Gasteiger partial charge in [-0.05, 0) is 167 Å². The van der Waals surface area contributed by atoms with Crippen LogP contribution in [0.2, 0.25) is 0 Å². The number of rotatable bonds is 2. The minimum atomic E-state index is -0.353. The van der Waals surface area contributed by atoms with Crippen molar-refractivity contribution in [2.45, 2.75) is 155 Å². The average molecular weight is 576 g/mol. The lowest BCUT2D eigenvalue weighted by Crippen LogP contribution is -2.74. The number of carbonyl (C=O) groups is 2. The minimum Gasteiger partial charge on any atom is -0.303 e. The number of nitrogens with zero attached hydrogens (tertiary/aromatic N) is 1. The van der Waals surface area contributed by atoms with Crippen LogP contribution in [0, 0.1) is 69.0 Å². The van der Waals surface area contributed by atoms with Crippen LogP contribution in [0.1, 0.15) is 144 Å². The second kappa shape index (κ2) is 9.42. The number of aldehydes is 1. The number of hydrogen-bond donors (Lipinski definition) is 0. The Balaban J connectivity index is 1.18. The van der Waals surface area contributed by atoms with Gasteiger partial charge < -0.3 is 4.79 Å². The van der Waals surface area contributed by atoms with E-state index in [2.05, 4.69) is 39.5 Å². The molecule has 234 valence electrons. The fourth-order valence-electron chi connectivity index (χ4n) is 15.9. The smallest absolute Gasteiger partial charge is 0.150 e. The summed E-state index contributed by atoms with van der Waals surface area (Å²) >= 11 is 0. The molecular weight excluding hydrogens is 514 g/mol. The lowest BCUT2D eigenvalue weighted by Gasteiger charge is -2.69. The summed E-state index contributed by atoms with van der Waals surface area (Å²) in [5.41, 5.74) is 0.708. The van der Waals surface area contributed by atoms with Gasteiger partial charge in [-0.15, -0.1) is 0 Å². The highest BCUT2D eigenvalue weighted by molar-refractivity contribution is 5.86. The highest BCUT2D eigenvalue weighted by atomic mass is 16.1. The van der Waals surface area contributed by atoms with Gasteiger partial charge in [-0.2, -0.15) is 0 Å². The molecule has 0 radical (unpaired) electrons. The van der Waals surface area contributed by atoms with Crippen molar-refractivity contribution in [3.63, 3.8) is 0 Å². The molecule has 6 aliphatic carbocycles. The first kappa shape index (κ1) is 28.8. The van der Waals surface area contributed by atoms with Crippen molar-refractivity contribution in [2.24, 2.45) is 69.0 Å². The highest BCUT2D eigenvalue weighted by Gasteiger charge is 2.72. The van der Waals surface area contributed by atoms with E-state index in [-0.39, 0.29) is 28.3 Å². The maximum atomic E-state index is 14.0. The highest BCUT2D eigenvalue weighted by Crippen LogP contribution is 2.74. The van der Waals surface area contributed by atoms with Gasteiger partial charge in [-0.3, -0.25) is 9.69 Å². The maximum Gasteiger partial charge on any atom is 0.150 e. The predicted octanol–water partition coefficient (Wildman–Crippen LogP) is 8.88. The van der Waals surface area contributed by atoms with E-state index in [1.807, 2.05) is 0 Å². The van der Waals surface area contributed by atoms with Gasteiger partial charge in [0.2, 0.25) is 0 Å². The van der Waals surface area contributed by atoms with Gasteiger partial charge in [0.25, 0.3) is 0 Å². The van der Waals surface area contributed by atoms with E-state index in [4.69, 9.17) is 0 Å². The molecule has 8 fully saturated rings. The molecule has 2 heterocycles. The summed E-state index contributed by atoms with van der Waals surface area (Å²) < 4.78 is 0. The summed E-state index contributed by atoms with van der Waals surface area (Å²) in [5.74, 6) is 6.12. The van der Waals surface area contributed by atoms with E-state index in [0.717, 1.165) is 42.6 Å². The Morgan fingerprint density at radius 1 is 0.714 bits per heavy atom. The number of piperidine rings is 2. The molecule has 42 heavy (non-hydrogen) atoms. The molecule has 8 rings (SSSR count). The number of hydrogen-bond acceptors (Lipinski definition) is 3. The maximum absolute atomic E-state index is 14.0. The average Bonchev–Trinajstić information content (AvgIpc) is 3.52. The van der Waals surface area contributed by atoms with Crippen molar-refractivity contribution >= 4 is 12.1 Å². The molecule has 0 aromatic carbocycles. The summed E-state index contributed by atoms with van der Waals surface area (Å²) in [4.78, 5) is 30.7. The van der Waals surface area contributed by atoms with Crippen molar-refractivity contribution in [3.8, 4) is 0 Å². The molecule has 0 aromatic rings. The molecule has 0 amide bonds. The van der Waals surface area contributed by atoms with Crippen molar-refractivity contribution in [1.29, 1.82) is 0 Å². The summed E-state index contributed by atoms with van der Waals surface area (Å²) in [6.07, 6.45) is 23.7. The second-order valence-corrected chi connectivity index (χ2v) is 18.6. The summed E-state index contributed by atoms with van der Waals surface area (Å²) in [6.45, 7) is 13.7. The van der Waals surface area contributed by atoms with E-state index in [9.17, 15) is 9.59 Å². The van der Waals surface area contributed by atoms with E-state index in [0.29, 0.717) is 34.9 Å². The van der Waals surface area contributed by atoms with E-state index in [1.165, 1.54) is 103 Å². The SMILES string of the molecule is CC1C(=O)CC(C2(C=O)CC[C@H]3[C@@H]4CCC5CCCC[C@]5(C)[C@@H]4CC[C@@]32C)[C@]2(C)[C@@H]3CC[C@]4(C)CCC[C@H]4[C@@H]3CCN12. The van der Waals surface area contributed by atoms with Crippen molar-refractivity contribution in [3.05, 3.63) is 0 Å². The molecule has 4 unspecified atom stereocenters. The van der Waals surface area contributed by atoms with Crippen molar-refractivity contribution in [2.75, 3.05) is 6.54 Å². The van der Waals surface area contributed by atoms with Crippen LogP contribution in [0.25, 0.3) is 0 Å². The largest absolute Gasteiger partial charge is 0.303 e. The van der Waals surface area contributed by atoms with Gasteiger partial charge in [-0.25, -0.2) is 0 Å². The van der Waals surface area contributed by atoms with E-state index < -0.39 is 0 Å². The molecule has 0 bridgehead atoms. The molecule has 0 N–H and O–H groups in total. The monoisotopic (exact) mass is 575 g/mol. The Hall–Kier alpha value is -0.700. The molecule has 3 heteroatoms. The fraction of sp³-hybridized carbons (Fsp3) is 0.949. The van der Waals surface area contributed by atoms with E-state index in [1.54, 1.807) is 0 Å². The van der Waals surface area contributed by atoms with Gasteiger partial charge >= 0.3 is 0 Å². The number of ketones is 1. The molecule has 6 saturated carbocycles. The van der Waals surface area contributed by atoms with Crippen LogP contribution >= 0.6 is 0 Å². The number of carbonyl (C=O) groups excluding carboxylic acids is 2. The van der Waals surface area contributed by atoms with Crippen LogP contribution < -0.4 is 0 Å². The third-order valence-corrected chi connectivity index (χ3v) is 18.1. The lowest BCUT2D eigenvalue weighted by molar-refractivity contribution is -0.202. The molecule has 3 nitrogen and oxygen atoms in total. The van der Waals surface area contributed by atoms with Gasteiger partial charge in [0.05, 0.1) is 6.04 Å². The Morgan fingerprint density at radius 2 is 1.48 bits per heavy atom. The van der Waals surface area contributed by atoms with Crippen molar-refractivity contribution < 1.29 is 9.59 Å². The van der Waals surface area contributed by atoms with Crippen LogP contribution in [0.15, 0.2) is 0 Å². The van der Waals surface area contributed by atoms with Crippen LogP contribution in [-0.4, -0.2) is 35.1 Å². The number of fused-ring (bicyclic) bond motifs is 10. The van der Waals surface area contributed by atoms with Crippen molar-refractivity contribution in [1.82, 2.24) is 4.90 Å². The quantitative estimate of drug-likeness (QED) is 0.309. The predicted molar refractivity (Wildman–Crippen MR) is 169 cm³/mol. The first-order chi connectivity index (χ1) is 20.0. The second-order valence-electron chi connectivity index (χ2n) is 18.6. The lowest BCUT2D eigenvalue weighted by atomic mass is 9.40. The number of Topliss-reactive ketones (excluding diaryl/α,β-unsaturated/α-hetero) is 1. The topological polar surface area (TPSA) is 37.4 Å². The normalized spacial score (nSPS) is 59.1.